The Morgan fingerprint density at radius 1 is 0.971 bits per heavy atom. The SMILES string of the molecule is CC(C)c1ccc(N(CC(=O)N=Nc2c(O)[nH]c3ccccc23)S(=O)(=O)c2ccccc2)cc1. The Morgan fingerprint density at radius 3 is 2.29 bits per heavy atom. The Kier molecular flexibility index (Phi) is 6.47. The number of benzene rings is 3. The number of aromatic hydroxyl groups is 1. The van der Waals surface area contributed by atoms with E-state index in [-0.39, 0.29) is 22.4 Å². The Labute approximate surface area is 197 Å². The van der Waals surface area contributed by atoms with Crippen LogP contribution in [0.25, 0.3) is 10.9 Å². The van der Waals surface area contributed by atoms with Crippen LogP contribution in [0.2, 0.25) is 0 Å². The van der Waals surface area contributed by atoms with Gasteiger partial charge in [-0.05, 0) is 41.8 Å². The van der Waals surface area contributed by atoms with Crippen LogP contribution in [-0.4, -0.2) is 31.0 Å². The molecule has 4 rings (SSSR count). The van der Waals surface area contributed by atoms with Gasteiger partial charge >= 0.3 is 0 Å². The highest BCUT2D eigenvalue weighted by Crippen LogP contribution is 2.35. The smallest absolute Gasteiger partial charge is 0.285 e. The number of carbonyl (C=O) groups is 1. The summed E-state index contributed by atoms with van der Waals surface area (Å²) in [6, 6.07) is 22.0. The molecule has 0 spiro atoms. The molecule has 4 aromatic rings. The van der Waals surface area contributed by atoms with E-state index in [1.165, 1.54) is 12.1 Å². The molecule has 1 heterocycles. The van der Waals surface area contributed by atoms with Crippen LogP contribution < -0.4 is 4.31 Å². The Bertz CT molecular complexity index is 1440. The second kappa shape index (κ2) is 9.48. The summed E-state index contributed by atoms with van der Waals surface area (Å²) in [6.07, 6.45) is 0. The number of sulfonamides is 1. The summed E-state index contributed by atoms with van der Waals surface area (Å²) in [5, 5.41) is 18.3. The summed E-state index contributed by atoms with van der Waals surface area (Å²) in [7, 11) is -4.04. The molecule has 0 fully saturated rings. The van der Waals surface area contributed by atoms with E-state index >= 15 is 0 Å². The van der Waals surface area contributed by atoms with Crippen molar-refractivity contribution in [2.24, 2.45) is 10.2 Å². The molecule has 0 radical (unpaired) electrons. The number of para-hydroxylation sites is 1. The van der Waals surface area contributed by atoms with Crippen molar-refractivity contribution < 1.29 is 18.3 Å². The van der Waals surface area contributed by atoms with Crippen LogP contribution in [0.5, 0.6) is 5.88 Å². The largest absolute Gasteiger partial charge is 0.493 e. The fourth-order valence-electron chi connectivity index (χ4n) is 3.53. The van der Waals surface area contributed by atoms with Gasteiger partial charge in [0.05, 0.1) is 16.1 Å². The molecule has 0 saturated carbocycles. The highest BCUT2D eigenvalue weighted by Gasteiger charge is 2.27. The van der Waals surface area contributed by atoms with Crippen LogP contribution in [-0.2, 0) is 14.8 Å². The first-order valence-corrected chi connectivity index (χ1v) is 12.1. The number of amides is 1. The number of fused-ring (bicyclic) bond motifs is 1. The number of azo groups is 1. The van der Waals surface area contributed by atoms with Gasteiger partial charge in [-0.2, -0.15) is 0 Å². The third-order valence-electron chi connectivity index (χ3n) is 5.38. The zero-order valence-electron chi connectivity index (χ0n) is 18.7. The van der Waals surface area contributed by atoms with Crippen LogP contribution in [0.4, 0.5) is 11.4 Å². The Balaban J connectivity index is 1.67. The minimum absolute atomic E-state index is 0.0574. The van der Waals surface area contributed by atoms with Crippen molar-refractivity contribution in [3.8, 4) is 5.88 Å². The number of nitrogens with one attached hydrogen (secondary N) is 1. The molecule has 0 aliphatic rings. The maximum absolute atomic E-state index is 13.4. The van der Waals surface area contributed by atoms with Crippen LogP contribution in [0.1, 0.15) is 25.3 Å². The molecule has 1 amide bonds. The van der Waals surface area contributed by atoms with Crippen molar-refractivity contribution >= 4 is 38.2 Å². The molecule has 2 N–H and O–H groups in total. The van der Waals surface area contributed by atoms with E-state index < -0.39 is 22.5 Å². The van der Waals surface area contributed by atoms with E-state index in [0.29, 0.717) is 16.6 Å². The second-order valence-corrected chi connectivity index (χ2v) is 9.89. The molecule has 9 heteroatoms. The first kappa shape index (κ1) is 23.2. The summed E-state index contributed by atoms with van der Waals surface area (Å²) in [4.78, 5) is 15.6. The highest BCUT2D eigenvalue weighted by atomic mass is 32.2. The van der Waals surface area contributed by atoms with Gasteiger partial charge in [-0.3, -0.25) is 9.10 Å². The standard InChI is InChI=1S/C25H24N4O4S/c1-17(2)18-12-14-19(15-13-18)29(34(32,33)20-8-4-3-5-9-20)16-23(30)27-28-24-21-10-6-7-11-22(21)26-25(24)31/h3-15,17,26,31H,16H2,1-2H3. The zero-order valence-corrected chi connectivity index (χ0v) is 19.5. The third kappa shape index (κ3) is 4.69. The van der Waals surface area contributed by atoms with E-state index in [2.05, 4.69) is 15.2 Å². The van der Waals surface area contributed by atoms with Crippen molar-refractivity contribution in [3.63, 3.8) is 0 Å². The first-order chi connectivity index (χ1) is 16.3. The molecule has 3 aromatic carbocycles. The Morgan fingerprint density at radius 2 is 1.62 bits per heavy atom. The molecule has 0 unspecified atom stereocenters. The second-order valence-electron chi connectivity index (χ2n) is 8.03. The van der Waals surface area contributed by atoms with Gasteiger partial charge in [-0.25, -0.2) is 8.42 Å². The average molecular weight is 477 g/mol. The molecular formula is C25H24N4O4S. The molecule has 0 aliphatic carbocycles. The number of hydrogen-bond acceptors (Lipinski definition) is 5. The number of aromatic amines is 1. The normalized spacial score (nSPS) is 12.0. The molecule has 0 saturated heterocycles. The summed E-state index contributed by atoms with van der Waals surface area (Å²) < 4.78 is 27.8. The number of hydrogen-bond donors (Lipinski definition) is 2. The molecule has 0 bridgehead atoms. The van der Waals surface area contributed by atoms with Gasteiger partial charge in [-0.15, -0.1) is 10.2 Å². The summed E-state index contributed by atoms with van der Waals surface area (Å²) in [5.41, 5.74) is 2.14. The average Bonchev–Trinajstić information content (AvgIpc) is 3.16. The summed E-state index contributed by atoms with van der Waals surface area (Å²) in [5.74, 6) is -0.736. The quantitative estimate of drug-likeness (QED) is 0.343. The minimum Gasteiger partial charge on any atom is -0.493 e. The predicted molar refractivity (Wildman–Crippen MR) is 131 cm³/mol. The molecule has 0 aliphatic heterocycles. The van der Waals surface area contributed by atoms with E-state index in [4.69, 9.17) is 0 Å². The van der Waals surface area contributed by atoms with Crippen LogP contribution in [0.3, 0.4) is 0 Å². The van der Waals surface area contributed by atoms with E-state index in [9.17, 15) is 18.3 Å². The number of aromatic nitrogens is 1. The number of carbonyl (C=O) groups excluding carboxylic acids is 1. The number of anilines is 1. The van der Waals surface area contributed by atoms with Crippen molar-refractivity contribution in [2.45, 2.75) is 24.7 Å². The molecule has 174 valence electrons. The monoisotopic (exact) mass is 476 g/mol. The maximum Gasteiger partial charge on any atom is 0.285 e. The van der Waals surface area contributed by atoms with Crippen molar-refractivity contribution in [2.75, 3.05) is 10.8 Å². The van der Waals surface area contributed by atoms with Crippen LogP contribution in [0.15, 0.2) is 94.0 Å². The lowest BCUT2D eigenvalue weighted by Gasteiger charge is -2.23. The van der Waals surface area contributed by atoms with Gasteiger partial charge in [0.25, 0.3) is 15.9 Å². The fourth-order valence-corrected chi connectivity index (χ4v) is 4.97. The zero-order chi connectivity index (χ0) is 24.3. The molecule has 1 aromatic heterocycles. The highest BCUT2D eigenvalue weighted by molar-refractivity contribution is 7.92. The van der Waals surface area contributed by atoms with Gasteiger partial charge in [0.2, 0.25) is 5.88 Å². The lowest BCUT2D eigenvalue weighted by atomic mass is 10.0. The van der Waals surface area contributed by atoms with Gasteiger partial charge < -0.3 is 10.1 Å². The number of nitrogens with zero attached hydrogens (tertiary/aromatic N) is 3. The van der Waals surface area contributed by atoms with Gasteiger partial charge in [-0.1, -0.05) is 62.4 Å². The Hall–Kier alpha value is -3.98. The topological polar surface area (TPSA) is 115 Å². The van der Waals surface area contributed by atoms with Crippen LogP contribution in [0, 0.1) is 0 Å². The molecular weight excluding hydrogens is 452 g/mol. The molecule has 0 atom stereocenters. The first-order valence-electron chi connectivity index (χ1n) is 10.7. The summed E-state index contributed by atoms with van der Waals surface area (Å²) in [6.45, 7) is 3.53. The maximum atomic E-state index is 13.4. The van der Waals surface area contributed by atoms with Crippen molar-refractivity contribution in [3.05, 3.63) is 84.4 Å². The van der Waals surface area contributed by atoms with Crippen molar-refractivity contribution in [1.29, 1.82) is 0 Å². The fraction of sp³-hybridized carbons (Fsp3) is 0.160. The third-order valence-corrected chi connectivity index (χ3v) is 7.17. The van der Waals surface area contributed by atoms with E-state index in [1.807, 2.05) is 26.0 Å². The molecule has 34 heavy (non-hydrogen) atoms. The van der Waals surface area contributed by atoms with Gasteiger partial charge in [0.15, 0.2) is 5.69 Å². The van der Waals surface area contributed by atoms with E-state index in [0.717, 1.165) is 9.87 Å². The van der Waals surface area contributed by atoms with Gasteiger partial charge in [0.1, 0.15) is 6.54 Å². The lowest BCUT2D eigenvalue weighted by Crippen LogP contribution is -2.35. The van der Waals surface area contributed by atoms with Crippen molar-refractivity contribution in [1.82, 2.24) is 4.98 Å². The summed E-state index contributed by atoms with van der Waals surface area (Å²) >= 11 is 0. The number of H-pyrrole nitrogens is 1. The van der Waals surface area contributed by atoms with Crippen LogP contribution >= 0.6 is 0 Å². The minimum atomic E-state index is -4.04. The molecule has 8 nitrogen and oxygen atoms in total. The number of rotatable bonds is 7. The predicted octanol–water partition coefficient (Wildman–Crippen LogP) is 5.50. The van der Waals surface area contributed by atoms with E-state index in [1.54, 1.807) is 54.6 Å². The lowest BCUT2D eigenvalue weighted by molar-refractivity contribution is -0.116. The van der Waals surface area contributed by atoms with Gasteiger partial charge in [0, 0.05) is 5.39 Å².